The van der Waals surface area contributed by atoms with Gasteiger partial charge in [-0.2, -0.15) is 0 Å². The van der Waals surface area contributed by atoms with Crippen LogP contribution >= 0.6 is 15.9 Å². The summed E-state index contributed by atoms with van der Waals surface area (Å²) in [5, 5.41) is 9.52. The van der Waals surface area contributed by atoms with Crippen molar-refractivity contribution in [3.8, 4) is 0 Å². The highest BCUT2D eigenvalue weighted by molar-refractivity contribution is 9.10. The van der Waals surface area contributed by atoms with Crippen molar-refractivity contribution >= 4 is 27.8 Å². The number of rotatable bonds is 2. The minimum absolute atomic E-state index is 0.00936. The molecule has 4 nitrogen and oxygen atoms in total. The number of benzene rings is 1. The average molecular weight is 356 g/mol. The van der Waals surface area contributed by atoms with Crippen molar-refractivity contribution in [1.29, 1.82) is 0 Å². The van der Waals surface area contributed by atoms with E-state index >= 15 is 0 Å². The van der Waals surface area contributed by atoms with Gasteiger partial charge in [-0.05, 0) is 37.0 Å². The van der Waals surface area contributed by atoms with Crippen LogP contribution in [0.15, 0.2) is 22.7 Å². The molecule has 1 N–H and O–H groups in total. The number of fused-ring (bicyclic) bond motifs is 1. The first-order valence-electron chi connectivity index (χ1n) is 6.92. The van der Waals surface area contributed by atoms with Crippen LogP contribution in [-0.2, 0) is 4.79 Å². The monoisotopic (exact) mass is 355 g/mol. The van der Waals surface area contributed by atoms with E-state index < -0.39 is 23.1 Å². The maximum atomic E-state index is 13.8. The van der Waals surface area contributed by atoms with Crippen LogP contribution in [0.3, 0.4) is 0 Å². The fourth-order valence-corrected chi connectivity index (χ4v) is 3.99. The number of halogens is 2. The Hall–Kier alpha value is -1.43. The number of carboxylic acids is 1. The summed E-state index contributed by atoms with van der Waals surface area (Å²) in [7, 11) is 0. The van der Waals surface area contributed by atoms with E-state index in [2.05, 4.69) is 15.9 Å². The summed E-state index contributed by atoms with van der Waals surface area (Å²) >= 11 is 3.22. The van der Waals surface area contributed by atoms with E-state index in [0.717, 1.165) is 12.8 Å². The number of hydrogen-bond donors (Lipinski definition) is 1. The standard InChI is InChI=1S/C15H15BrFNO3/c16-10-3-4-12(17)11(6-10)13(19)18-7-9-2-1-5-15(9,8-18)14(20)21/h3-4,6,9H,1-2,5,7-8H2,(H,20,21)/t9-,15+/m0/s1. The summed E-state index contributed by atoms with van der Waals surface area (Å²) in [6.07, 6.45) is 2.29. The van der Waals surface area contributed by atoms with Gasteiger partial charge < -0.3 is 10.0 Å². The van der Waals surface area contributed by atoms with E-state index in [1.807, 2.05) is 0 Å². The first-order valence-corrected chi connectivity index (χ1v) is 7.71. The summed E-state index contributed by atoms with van der Waals surface area (Å²) in [6, 6.07) is 4.21. The first kappa shape index (κ1) is 14.5. The molecule has 0 aromatic heterocycles. The zero-order chi connectivity index (χ0) is 15.2. The SMILES string of the molecule is O=C(c1cc(Br)ccc1F)N1C[C@@H]2CCC[C@@]2(C(=O)O)C1. The molecule has 21 heavy (non-hydrogen) atoms. The van der Waals surface area contributed by atoms with Gasteiger partial charge in [-0.3, -0.25) is 9.59 Å². The molecular weight excluding hydrogens is 341 g/mol. The van der Waals surface area contributed by atoms with Crippen LogP contribution in [0.25, 0.3) is 0 Å². The Morgan fingerprint density at radius 1 is 1.43 bits per heavy atom. The Kier molecular flexibility index (Phi) is 3.51. The second-order valence-electron chi connectivity index (χ2n) is 5.86. The Bertz CT molecular complexity index is 621. The summed E-state index contributed by atoms with van der Waals surface area (Å²) in [4.78, 5) is 25.6. The van der Waals surface area contributed by atoms with Gasteiger partial charge in [-0.25, -0.2) is 4.39 Å². The number of carbonyl (C=O) groups excluding carboxylic acids is 1. The maximum Gasteiger partial charge on any atom is 0.311 e. The van der Waals surface area contributed by atoms with Gasteiger partial charge in [-0.1, -0.05) is 22.4 Å². The molecule has 0 radical (unpaired) electrons. The fourth-order valence-electron chi connectivity index (χ4n) is 3.63. The van der Waals surface area contributed by atoms with Crippen molar-refractivity contribution < 1.29 is 19.1 Å². The minimum atomic E-state index is -0.838. The summed E-state index contributed by atoms with van der Waals surface area (Å²) in [5.41, 5.74) is -0.845. The van der Waals surface area contributed by atoms with Gasteiger partial charge in [0.1, 0.15) is 5.82 Å². The molecule has 2 atom stereocenters. The van der Waals surface area contributed by atoms with Gasteiger partial charge in [0, 0.05) is 17.6 Å². The second-order valence-corrected chi connectivity index (χ2v) is 6.78. The number of hydrogen-bond acceptors (Lipinski definition) is 2. The average Bonchev–Trinajstić information content (AvgIpc) is 2.98. The Morgan fingerprint density at radius 2 is 2.19 bits per heavy atom. The molecule has 1 amide bonds. The lowest BCUT2D eigenvalue weighted by molar-refractivity contribution is -0.149. The number of carboxylic acid groups (broad SMARTS) is 1. The summed E-state index contributed by atoms with van der Waals surface area (Å²) in [6.45, 7) is 0.578. The third-order valence-electron chi connectivity index (χ3n) is 4.74. The van der Waals surface area contributed by atoms with Crippen LogP contribution in [0.2, 0.25) is 0 Å². The predicted molar refractivity (Wildman–Crippen MR) is 77.4 cm³/mol. The van der Waals surface area contributed by atoms with E-state index in [1.54, 1.807) is 0 Å². The topological polar surface area (TPSA) is 57.6 Å². The van der Waals surface area contributed by atoms with E-state index in [9.17, 15) is 19.1 Å². The molecule has 0 spiro atoms. The number of nitrogens with zero attached hydrogens (tertiary/aromatic N) is 1. The molecule has 1 aromatic carbocycles. The van der Waals surface area contributed by atoms with E-state index in [-0.39, 0.29) is 18.0 Å². The van der Waals surface area contributed by atoms with Gasteiger partial charge in [0.05, 0.1) is 11.0 Å². The van der Waals surface area contributed by atoms with Crippen molar-refractivity contribution in [2.24, 2.45) is 11.3 Å². The molecule has 6 heteroatoms. The lowest BCUT2D eigenvalue weighted by Crippen LogP contribution is -2.37. The van der Waals surface area contributed by atoms with Gasteiger partial charge >= 0.3 is 5.97 Å². The summed E-state index contributed by atoms with van der Waals surface area (Å²) < 4.78 is 14.5. The molecule has 3 rings (SSSR count). The van der Waals surface area contributed by atoms with Crippen LogP contribution in [0.5, 0.6) is 0 Å². The van der Waals surface area contributed by atoms with Crippen molar-refractivity contribution in [1.82, 2.24) is 4.90 Å². The van der Waals surface area contributed by atoms with E-state index in [0.29, 0.717) is 17.4 Å². The summed E-state index contributed by atoms with van der Waals surface area (Å²) in [5.74, 6) is -1.86. The lowest BCUT2D eigenvalue weighted by atomic mass is 9.81. The van der Waals surface area contributed by atoms with E-state index in [1.165, 1.54) is 23.1 Å². The third kappa shape index (κ3) is 2.25. The molecule has 1 aliphatic carbocycles. The molecular formula is C15H15BrFNO3. The van der Waals surface area contributed by atoms with Crippen molar-refractivity contribution in [3.05, 3.63) is 34.1 Å². The first-order chi connectivity index (χ1) is 9.94. The van der Waals surface area contributed by atoms with Gasteiger partial charge in [0.25, 0.3) is 5.91 Å². The molecule has 1 saturated carbocycles. The van der Waals surface area contributed by atoms with Crippen molar-refractivity contribution in [2.75, 3.05) is 13.1 Å². The fraction of sp³-hybridized carbons (Fsp3) is 0.467. The second kappa shape index (κ2) is 5.09. The van der Waals surface area contributed by atoms with Crippen molar-refractivity contribution in [3.63, 3.8) is 0 Å². The third-order valence-corrected chi connectivity index (χ3v) is 5.24. The Labute approximate surface area is 130 Å². The molecule has 1 saturated heterocycles. The number of carbonyl (C=O) groups is 2. The molecule has 112 valence electrons. The normalized spacial score (nSPS) is 27.7. The van der Waals surface area contributed by atoms with Crippen LogP contribution in [0.1, 0.15) is 29.6 Å². The largest absolute Gasteiger partial charge is 0.481 e. The number of aliphatic carboxylic acids is 1. The zero-order valence-corrected chi connectivity index (χ0v) is 12.9. The minimum Gasteiger partial charge on any atom is -0.481 e. The van der Waals surface area contributed by atoms with Crippen LogP contribution in [0.4, 0.5) is 4.39 Å². The predicted octanol–water partition coefficient (Wildman–Crippen LogP) is 2.92. The molecule has 2 aliphatic rings. The lowest BCUT2D eigenvalue weighted by Gasteiger charge is -2.23. The molecule has 0 unspecified atom stereocenters. The maximum absolute atomic E-state index is 13.8. The molecule has 2 fully saturated rings. The van der Waals surface area contributed by atoms with Gasteiger partial charge in [0.15, 0.2) is 0 Å². The van der Waals surface area contributed by atoms with Crippen LogP contribution in [0, 0.1) is 17.2 Å². The Balaban J connectivity index is 1.88. The molecule has 1 aromatic rings. The zero-order valence-electron chi connectivity index (χ0n) is 11.3. The Morgan fingerprint density at radius 3 is 2.86 bits per heavy atom. The van der Waals surface area contributed by atoms with E-state index in [4.69, 9.17) is 0 Å². The number of likely N-dealkylation sites (tertiary alicyclic amines) is 1. The molecule has 1 aliphatic heterocycles. The van der Waals surface area contributed by atoms with Crippen molar-refractivity contribution in [2.45, 2.75) is 19.3 Å². The van der Waals surface area contributed by atoms with Gasteiger partial charge in [-0.15, -0.1) is 0 Å². The highest BCUT2D eigenvalue weighted by Crippen LogP contribution is 2.49. The highest BCUT2D eigenvalue weighted by atomic mass is 79.9. The smallest absolute Gasteiger partial charge is 0.311 e. The highest BCUT2D eigenvalue weighted by Gasteiger charge is 2.55. The van der Waals surface area contributed by atoms with Gasteiger partial charge in [0.2, 0.25) is 0 Å². The molecule has 0 bridgehead atoms. The quantitative estimate of drug-likeness (QED) is 0.887. The molecule has 1 heterocycles. The van der Waals surface area contributed by atoms with Crippen LogP contribution in [-0.4, -0.2) is 35.0 Å². The van der Waals surface area contributed by atoms with Crippen LogP contribution < -0.4 is 0 Å². The number of amides is 1.